The van der Waals surface area contributed by atoms with Gasteiger partial charge in [-0.15, -0.1) is 0 Å². The molecule has 6 nitrogen and oxygen atoms in total. The second-order valence-corrected chi connectivity index (χ2v) is 6.83. The fourth-order valence-corrected chi connectivity index (χ4v) is 2.86. The molecule has 27 heavy (non-hydrogen) atoms. The van der Waals surface area contributed by atoms with Crippen LogP contribution in [0.25, 0.3) is 6.08 Å². The molecular formula is C19H22Cl2N4O2. The number of likely N-dealkylation sites (N-methyl/N-ethyl adjacent to an activating group) is 1. The molecule has 0 saturated carbocycles. The predicted octanol–water partition coefficient (Wildman–Crippen LogP) is 3.20. The number of aryl methyl sites for hydroxylation is 1. The van der Waals surface area contributed by atoms with Crippen molar-refractivity contribution in [2.45, 2.75) is 33.4 Å². The van der Waals surface area contributed by atoms with Gasteiger partial charge in [-0.1, -0.05) is 35.3 Å². The van der Waals surface area contributed by atoms with Gasteiger partial charge in [0.15, 0.2) is 0 Å². The lowest BCUT2D eigenvalue weighted by molar-refractivity contribution is -0.126. The predicted molar refractivity (Wildman–Crippen MR) is 108 cm³/mol. The van der Waals surface area contributed by atoms with Crippen molar-refractivity contribution in [3.8, 4) is 0 Å². The number of rotatable bonds is 7. The minimum Gasteiger partial charge on any atom is -0.355 e. The number of nitrogens with one attached hydrogen (secondary N) is 2. The van der Waals surface area contributed by atoms with E-state index in [1.165, 1.54) is 6.08 Å². The lowest BCUT2D eigenvalue weighted by Gasteiger charge is -2.11. The molecule has 8 heteroatoms. The molecule has 1 atom stereocenters. The number of amides is 2. The van der Waals surface area contributed by atoms with Gasteiger partial charge >= 0.3 is 0 Å². The first-order valence-corrected chi connectivity index (χ1v) is 9.31. The van der Waals surface area contributed by atoms with Crippen LogP contribution in [0.3, 0.4) is 0 Å². The van der Waals surface area contributed by atoms with Gasteiger partial charge in [-0.3, -0.25) is 9.59 Å². The lowest BCUT2D eigenvalue weighted by atomic mass is 10.2. The van der Waals surface area contributed by atoms with Gasteiger partial charge in [-0.05, 0) is 44.5 Å². The van der Waals surface area contributed by atoms with Crippen LogP contribution < -0.4 is 10.6 Å². The minimum absolute atomic E-state index is 0.232. The molecule has 0 spiro atoms. The van der Waals surface area contributed by atoms with E-state index in [4.69, 9.17) is 23.2 Å². The zero-order valence-electron chi connectivity index (χ0n) is 15.4. The summed E-state index contributed by atoms with van der Waals surface area (Å²) in [5.74, 6) is -0.612. The Morgan fingerprint density at radius 3 is 2.56 bits per heavy atom. The van der Waals surface area contributed by atoms with Crippen molar-refractivity contribution in [3.63, 3.8) is 0 Å². The molecule has 2 amide bonds. The Bertz CT molecular complexity index is 844. The molecule has 2 rings (SSSR count). The molecule has 1 heterocycles. The van der Waals surface area contributed by atoms with Crippen LogP contribution in [-0.4, -0.2) is 34.2 Å². The fraction of sp³-hybridized carbons (Fsp3) is 0.316. The van der Waals surface area contributed by atoms with E-state index in [-0.39, 0.29) is 11.8 Å². The Morgan fingerprint density at radius 2 is 1.93 bits per heavy atom. The standard InChI is InChI=1S/C19H22Cl2N4O2/c1-4-22-19(27)13(3)23-17(26)10-9-16-12(2)24-25(18(16)21)11-14-5-7-15(20)8-6-14/h5-10,13H,4,11H2,1-3H3,(H,22,27)(H,23,26)/b10-9+/t13-/m0/s1. The van der Waals surface area contributed by atoms with E-state index in [0.717, 1.165) is 5.56 Å². The molecule has 1 aromatic carbocycles. The molecule has 0 fully saturated rings. The molecular weight excluding hydrogens is 387 g/mol. The first-order chi connectivity index (χ1) is 12.8. The number of carbonyl (C=O) groups is 2. The van der Waals surface area contributed by atoms with E-state index in [9.17, 15) is 9.59 Å². The molecule has 0 aliphatic heterocycles. The van der Waals surface area contributed by atoms with Crippen molar-refractivity contribution in [2.24, 2.45) is 0 Å². The Hall–Kier alpha value is -2.31. The van der Waals surface area contributed by atoms with Gasteiger partial charge < -0.3 is 10.6 Å². The van der Waals surface area contributed by atoms with Gasteiger partial charge in [0.2, 0.25) is 11.8 Å². The van der Waals surface area contributed by atoms with Crippen LogP contribution in [0.5, 0.6) is 0 Å². The number of aromatic nitrogens is 2. The Morgan fingerprint density at radius 1 is 1.26 bits per heavy atom. The minimum atomic E-state index is -0.619. The summed E-state index contributed by atoms with van der Waals surface area (Å²) in [5, 5.41) is 10.8. The van der Waals surface area contributed by atoms with Gasteiger partial charge in [0.1, 0.15) is 11.2 Å². The maximum atomic E-state index is 12.0. The van der Waals surface area contributed by atoms with Gasteiger partial charge in [-0.2, -0.15) is 5.10 Å². The van der Waals surface area contributed by atoms with Gasteiger partial charge in [0.05, 0.1) is 12.2 Å². The number of benzene rings is 1. The smallest absolute Gasteiger partial charge is 0.244 e. The highest BCUT2D eigenvalue weighted by Crippen LogP contribution is 2.22. The Balaban J connectivity index is 2.07. The van der Waals surface area contributed by atoms with Crippen LogP contribution in [0.4, 0.5) is 0 Å². The van der Waals surface area contributed by atoms with Crippen molar-refractivity contribution in [1.29, 1.82) is 0 Å². The summed E-state index contributed by atoms with van der Waals surface area (Å²) in [6.07, 6.45) is 2.95. The number of carbonyl (C=O) groups excluding carboxylic acids is 2. The third-order valence-electron chi connectivity index (χ3n) is 3.86. The summed E-state index contributed by atoms with van der Waals surface area (Å²) in [5.41, 5.74) is 2.37. The van der Waals surface area contributed by atoms with E-state index in [2.05, 4.69) is 15.7 Å². The van der Waals surface area contributed by atoms with Crippen LogP contribution in [-0.2, 0) is 16.1 Å². The summed E-state index contributed by atoms with van der Waals surface area (Å²) >= 11 is 12.3. The number of halogens is 2. The highest BCUT2D eigenvalue weighted by Gasteiger charge is 2.14. The number of nitrogens with zero attached hydrogens (tertiary/aromatic N) is 2. The number of hydrogen-bond acceptors (Lipinski definition) is 3. The van der Waals surface area contributed by atoms with Crippen molar-refractivity contribution in [3.05, 3.63) is 57.3 Å². The summed E-state index contributed by atoms with van der Waals surface area (Å²) in [7, 11) is 0. The summed E-state index contributed by atoms with van der Waals surface area (Å²) in [4.78, 5) is 23.7. The molecule has 0 saturated heterocycles. The monoisotopic (exact) mass is 408 g/mol. The van der Waals surface area contributed by atoms with E-state index >= 15 is 0 Å². The van der Waals surface area contributed by atoms with Crippen molar-refractivity contribution < 1.29 is 9.59 Å². The molecule has 1 aromatic heterocycles. The summed E-state index contributed by atoms with van der Waals surface area (Å²) < 4.78 is 1.66. The third-order valence-corrected chi connectivity index (χ3v) is 4.51. The summed E-state index contributed by atoms with van der Waals surface area (Å²) in [6, 6.07) is 6.80. The van der Waals surface area contributed by atoms with E-state index in [0.29, 0.717) is 34.5 Å². The largest absolute Gasteiger partial charge is 0.355 e. The topological polar surface area (TPSA) is 76.0 Å². The van der Waals surface area contributed by atoms with Gasteiger partial charge in [-0.25, -0.2) is 4.68 Å². The molecule has 2 aromatic rings. The van der Waals surface area contributed by atoms with Crippen molar-refractivity contribution >= 4 is 41.1 Å². The molecule has 0 bridgehead atoms. The van der Waals surface area contributed by atoms with Gasteiger partial charge in [0.25, 0.3) is 0 Å². The highest BCUT2D eigenvalue weighted by atomic mass is 35.5. The summed E-state index contributed by atoms with van der Waals surface area (Å²) in [6.45, 7) is 6.26. The second kappa shape index (κ2) is 9.58. The first-order valence-electron chi connectivity index (χ1n) is 8.55. The van der Waals surface area contributed by atoms with Crippen LogP contribution in [0.1, 0.15) is 30.7 Å². The molecule has 0 aliphatic rings. The second-order valence-electron chi connectivity index (χ2n) is 6.03. The Kier molecular flexibility index (Phi) is 7.45. The molecule has 0 aliphatic carbocycles. The van der Waals surface area contributed by atoms with Crippen LogP contribution in [0.2, 0.25) is 10.2 Å². The third kappa shape index (κ3) is 5.84. The van der Waals surface area contributed by atoms with E-state index < -0.39 is 6.04 Å². The molecule has 0 unspecified atom stereocenters. The van der Waals surface area contributed by atoms with Crippen LogP contribution in [0.15, 0.2) is 30.3 Å². The van der Waals surface area contributed by atoms with Crippen molar-refractivity contribution in [1.82, 2.24) is 20.4 Å². The highest BCUT2D eigenvalue weighted by molar-refractivity contribution is 6.31. The van der Waals surface area contributed by atoms with E-state index in [1.807, 2.05) is 38.1 Å². The lowest BCUT2D eigenvalue weighted by Crippen LogP contribution is -2.44. The van der Waals surface area contributed by atoms with Crippen LogP contribution in [0, 0.1) is 6.92 Å². The normalized spacial score (nSPS) is 12.2. The fourth-order valence-electron chi connectivity index (χ4n) is 2.44. The average Bonchev–Trinajstić information content (AvgIpc) is 2.88. The quantitative estimate of drug-likeness (QED) is 0.690. The Labute approximate surface area is 168 Å². The van der Waals surface area contributed by atoms with Gasteiger partial charge in [0, 0.05) is 23.2 Å². The average molecular weight is 409 g/mol. The molecule has 0 radical (unpaired) electrons. The molecule has 2 N–H and O–H groups in total. The SMILES string of the molecule is CCNC(=O)[C@H](C)NC(=O)/C=C/c1c(C)nn(Cc2ccc(Cl)cc2)c1Cl. The maximum Gasteiger partial charge on any atom is 0.244 e. The zero-order valence-corrected chi connectivity index (χ0v) is 16.9. The van der Waals surface area contributed by atoms with E-state index in [1.54, 1.807) is 17.7 Å². The van der Waals surface area contributed by atoms with Crippen LogP contribution >= 0.6 is 23.2 Å². The molecule has 144 valence electrons. The number of hydrogen-bond donors (Lipinski definition) is 2. The first kappa shape index (κ1) is 21.0. The zero-order chi connectivity index (χ0) is 20.0. The van der Waals surface area contributed by atoms with Crippen molar-refractivity contribution in [2.75, 3.05) is 6.54 Å². The maximum absolute atomic E-state index is 12.0.